The predicted octanol–water partition coefficient (Wildman–Crippen LogP) is 3.95. The van der Waals surface area contributed by atoms with Crippen molar-refractivity contribution in [3.63, 3.8) is 0 Å². The second-order valence-electron chi connectivity index (χ2n) is 3.45. The van der Waals surface area contributed by atoms with Crippen LogP contribution in [0.25, 0.3) is 10.4 Å². The zero-order valence-corrected chi connectivity index (χ0v) is 10.5. The number of halogens is 1. The SMILES string of the molecule is Cc1nc(Cl)c(C#N)c(-c2cccs2)c1C. The Hall–Kier alpha value is -1.37. The molecule has 0 aliphatic carbocycles. The molecule has 0 saturated carbocycles. The molecule has 0 fully saturated rings. The Kier molecular flexibility index (Phi) is 2.95. The maximum absolute atomic E-state index is 9.14. The minimum Gasteiger partial charge on any atom is -0.240 e. The monoisotopic (exact) mass is 248 g/mol. The standard InChI is InChI=1S/C12H9ClN2S/c1-7-8(2)15-12(13)9(6-14)11(7)10-4-3-5-16-10/h3-5H,1-2H3. The van der Waals surface area contributed by atoms with E-state index in [-0.39, 0.29) is 5.15 Å². The van der Waals surface area contributed by atoms with Crippen LogP contribution in [0, 0.1) is 25.2 Å². The normalized spacial score (nSPS) is 10.1. The molecule has 0 radical (unpaired) electrons. The van der Waals surface area contributed by atoms with Gasteiger partial charge in [0.15, 0.2) is 0 Å². The fraction of sp³-hybridized carbons (Fsp3) is 0.167. The summed E-state index contributed by atoms with van der Waals surface area (Å²) in [5.74, 6) is 0. The van der Waals surface area contributed by atoms with Crippen LogP contribution in [0.2, 0.25) is 5.15 Å². The highest BCUT2D eigenvalue weighted by atomic mass is 35.5. The maximum Gasteiger partial charge on any atom is 0.147 e. The molecule has 0 unspecified atom stereocenters. The molecule has 0 N–H and O–H groups in total. The summed E-state index contributed by atoms with van der Waals surface area (Å²) in [7, 11) is 0. The molecule has 2 aromatic heterocycles. The van der Waals surface area contributed by atoms with E-state index in [9.17, 15) is 0 Å². The van der Waals surface area contributed by atoms with Crippen LogP contribution in [0.1, 0.15) is 16.8 Å². The average Bonchev–Trinajstić information content (AvgIpc) is 2.76. The van der Waals surface area contributed by atoms with Crippen molar-refractivity contribution in [3.8, 4) is 16.5 Å². The smallest absolute Gasteiger partial charge is 0.147 e. The van der Waals surface area contributed by atoms with E-state index in [4.69, 9.17) is 16.9 Å². The van der Waals surface area contributed by atoms with Gasteiger partial charge in [-0.1, -0.05) is 17.7 Å². The van der Waals surface area contributed by atoms with E-state index in [1.165, 1.54) is 0 Å². The van der Waals surface area contributed by atoms with E-state index in [0.29, 0.717) is 5.56 Å². The van der Waals surface area contributed by atoms with Crippen molar-refractivity contribution in [2.75, 3.05) is 0 Å². The third-order valence-corrected chi connectivity index (χ3v) is 3.68. The van der Waals surface area contributed by atoms with Crippen LogP contribution in [-0.4, -0.2) is 4.98 Å². The molecule has 4 heteroatoms. The molecule has 80 valence electrons. The highest BCUT2D eigenvalue weighted by Crippen LogP contribution is 2.34. The van der Waals surface area contributed by atoms with Crippen LogP contribution < -0.4 is 0 Å². The summed E-state index contributed by atoms with van der Waals surface area (Å²) in [4.78, 5) is 5.22. The molecule has 0 amide bonds. The summed E-state index contributed by atoms with van der Waals surface area (Å²) in [6.45, 7) is 3.87. The van der Waals surface area contributed by atoms with Gasteiger partial charge in [0, 0.05) is 16.1 Å². The predicted molar refractivity (Wildman–Crippen MR) is 66.7 cm³/mol. The molecule has 16 heavy (non-hydrogen) atoms. The molecule has 0 bridgehead atoms. The number of aryl methyl sites for hydroxylation is 1. The molecule has 0 atom stereocenters. The zero-order chi connectivity index (χ0) is 11.7. The van der Waals surface area contributed by atoms with Gasteiger partial charge in [-0.05, 0) is 30.9 Å². The Bertz CT molecular complexity index is 568. The first-order chi connectivity index (χ1) is 7.65. The fourth-order valence-electron chi connectivity index (χ4n) is 1.59. The molecule has 2 nitrogen and oxygen atoms in total. The third-order valence-electron chi connectivity index (χ3n) is 2.52. The molecule has 0 aliphatic rings. The Balaban J connectivity index is 2.82. The van der Waals surface area contributed by atoms with Crippen molar-refractivity contribution in [2.24, 2.45) is 0 Å². The number of hydrogen-bond donors (Lipinski definition) is 0. The van der Waals surface area contributed by atoms with Crippen LogP contribution in [0.3, 0.4) is 0 Å². The Labute approximate surface area is 103 Å². The van der Waals surface area contributed by atoms with Gasteiger partial charge in [0.1, 0.15) is 11.2 Å². The molecule has 0 aromatic carbocycles. The molecular weight excluding hydrogens is 240 g/mol. The van der Waals surface area contributed by atoms with Crippen molar-refractivity contribution in [3.05, 3.63) is 39.5 Å². The van der Waals surface area contributed by atoms with Crippen LogP contribution in [0.5, 0.6) is 0 Å². The summed E-state index contributed by atoms with van der Waals surface area (Å²) in [6.07, 6.45) is 0. The van der Waals surface area contributed by atoms with E-state index < -0.39 is 0 Å². The summed E-state index contributed by atoms with van der Waals surface area (Å²) < 4.78 is 0. The molecule has 2 rings (SSSR count). The van der Waals surface area contributed by atoms with Gasteiger partial charge in [-0.15, -0.1) is 11.3 Å². The number of hydrogen-bond acceptors (Lipinski definition) is 3. The van der Waals surface area contributed by atoms with Crippen molar-refractivity contribution in [1.82, 2.24) is 4.98 Å². The number of nitriles is 1. The Morgan fingerprint density at radius 1 is 1.44 bits per heavy atom. The lowest BCUT2D eigenvalue weighted by atomic mass is 10.0. The first-order valence-corrected chi connectivity index (χ1v) is 6.01. The van der Waals surface area contributed by atoms with E-state index in [0.717, 1.165) is 21.7 Å². The van der Waals surface area contributed by atoms with Crippen LogP contribution in [0.4, 0.5) is 0 Å². The highest BCUT2D eigenvalue weighted by molar-refractivity contribution is 7.13. The minimum atomic E-state index is 0.286. The molecule has 0 spiro atoms. The number of rotatable bonds is 1. The lowest BCUT2D eigenvalue weighted by Crippen LogP contribution is -1.96. The van der Waals surface area contributed by atoms with Gasteiger partial charge >= 0.3 is 0 Å². The van der Waals surface area contributed by atoms with Crippen LogP contribution in [-0.2, 0) is 0 Å². The van der Waals surface area contributed by atoms with Gasteiger partial charge in [0.2, 0.25) is 0 Å². The van der Waals surface area contributed by atoms with Gasteiger partial charge < -0.3 is 0 Å². The van der Waals surface area contributed by atoms with Gasteiger partial charge in [0.05, 0.1) is 5.56 Å². The maximum atomic E-state index is 9.14. The summed E-state index contributed by atoms with van der Waals surface area (Å²) in [5.41, 5.74) is 3.26. The van der Waals surface area contributed by atoms with E-state index >= 15 is 0 Å². The lowest BCUT2D eigenvalue weighted by Gasteiger charge is -2.09. The molecule has 2 aromatic rings. The highest BCUT2D eigenvalue weighted by Gasteiger charge is 2.16. The third kappa shape index (κ3) is 1.71. The molecule has 2 heterocycles. The minimum absolute atomic E-state index is 0.286. The van der Waals surface area contributed by atoms with Crippen LogP contribution >= 0.6 is 22.9 Å². The summed E-state index contributed by atoms with van der Waals surface area (Å²) in [6, 6.07) is 6.08. The first kappa shape index (κ1) is 11.1. The molecule has 0 aliphatic heterocycles. The Morgan fingerprint density at radius 3 is 2.75 bits per heavy atom. The van der Waals surface area contributed by atoms with Gasteiger partial charge in [0.25, 0.3) is 0 Å². The average molecular weight is 249 g/mol. The summed E-state index contributed by atoms with van der Waals surface area (Å²) in [5, 5.41) is 11.4. The largest absolute Gasteiger partial charge is 0.240 e. The van der Waals surface area contributed by atoms with E-state index in [1.54, 1.807) is 11.3 Å². The van der Waals surface area contributed by atoms with E-state index in [1.807, 2.05) is 31.4 Å². The van der Waals surface area contributed by atoms with Crippen molar-refractivity contribution in [2.45, 2.75) is 13.8 Å². The quantitative estimate of drug-likeness (QED) is 0.717. The zero-order valence-electron chi connectivity index (χ0n) is 8.91. The summed E-state index contributed by atoms with van der Waals surface area (Å²) >= 11 is 7.59. The fourth-order valence-corrected chi connectivity index (χ4v) is 2.69. The number of thiophene rings is 1. The second-order valence-corrected chi connectivity index (χ2v) is 4.76. The van der Waals surface area contributed by atoms with Gasteiger partial charge in [-0.3, -0.25) is 0 Å². The van der Waals surface area contributed by atoms with Gasteiger partial charge in [-0.2, -0.15) is 5.26 Å². The van der Waals surface area contributed by atoms with Gasteiger partial charge in [-0.25, -0.2) is 4.98 Å². The number of nitrogens with zero attached hydrogens (tertiary/aromatic N) is 2. The number of pyridine rings is 1. The topological polar surface area (TPSA) is 36.7 Å². The second kappa shape index (κ2) is 4.25. The number of aromatic nitrogens is 1. The van der Waals surface area contributed by atoms with Crippen LogP contribution in [0.15, 0.2) is 17.5 Å². The Morgan fingerprint density at radius 2 is 2.19 bits per heavy atom. The van der Waals surface area contributed by atoms with Crippen molar-refractivity contribution in [1.29, 1.82) is 5.26 Å². The molecular formula is C12H9ClN2S. The van der Waals surface area contributed by atoms with E-state index in [2.05, 4.69) is 11.1 Å². The van der Waals surface area contributed by atoms with Crippen molar-refractivity contribution >= 4 is 22.9 Å². The first-order valence-electron chi connectivity index (χ1n) is 4.75. The van der Waals surface area contributed by atoms with Crippen molar-refractivity contribution < 1.29 is 0 Å². The lowest BCUT2D eigenvalue weighted by molar-refractivity contribution is 1.14. The molecule has 0 saturated heterocycles.